The Balaban J connectivity index is 2.21. The van der Waals surface area contributed by atoms with Gasteiger partial charge in [0.25, 0.3) is 0 Å². The molecule has 0 bridgehead atoms. The maximum Gasteiger partial charge on any atom is 0.125 e. The fraction of sp³-hybridized carbons (Fsp3) is 0.167. The Morgan fingerprint density at radius 1 is 1.29 bits per heavy atom. The highest BCUT2D eigenvalue weighted by molar-refractivity contribution is 5.65. The summed E-state index contributed by atoms with van der Waals surface area (Å²) in [7, 11) is 0. The summed E-state index contributed by atoms with van der Waals surface area (Å²) in [5.41, 5.74) is 9.84. The first-order valence-electron chi connectivity index (χ1n) is 5.25. The van der Waals surface area contributed by atoms with E-state index in [1.807, 2.05) is 37.3 Å². The quantitative estimate of drug-likeness (QED) is 0.478. The van der Waals surface area contributed by atoms with Crippen LogP contribution in [-0.4, -0.2) is 0 Å². The third kappa shape index (κ3) is 2.59. The summed E-state index contributed by atoms with van der Waals surface area (Å²) < 4.78 is 5.30. The Bertz CT molecular complexity index is 529. The fourth-order valence-corrected chi connectivity index (χ4v) is 1.57. The zero-order chi connectivity index (χ0) is 12.1. The Labute approximate surface area is 98.7 Å². The van der Waals surface area contributed by atoms with Crippen LogP contribution in [0, 0.1) is 0 Å². The van der Waals surface area contributed by atoms with Crippen LogP contribution >= 0.6 is 0 Å². The largest absolute Gasteiger partial charge is 0.467 e. The molecule has 0 aliphatic carbocycles. The van der Waals surface area contributed by atoms with E-state index in [2.05, 4.69) is 15.3 Å². The number of rotatable bonds is 4. The number of azide groups is 1. The van der Waals surface area contributed by atoms with E-state index in [1.54, 1.807) is 12.3 Å². The molecule has 0 spiro atoms. The predicted molar refractivity (Wildman–Crippen MR) is 66.0 cm³/mol. The molecule has 17 heavy (non-hydrogen) atoms. The highest BCUT2D eigenvalue weighted by atomic mass is 16.3. The normalized spacial score (nSPS) is 11.6. The molecule has 1 heterocycles. The molecule has 0 saturated heterocycles. The molecular weight excluding hydrogens is 216 g/mol. The van der Waals surface area contributed by atoms with Crippen molar-refractivity contribution >= 4 is 11.4 Å². The summed E-state index contributed by atoms with van der Waals surface area (Å²) in [5, 5.41) is 6.87. The maximum atomic E-state index is 8.47. The lowest BCUT2D eigenvalue weighted by molar-refractivity contribution is 0.490. The van der Waals surface area contributed by atoms with Crippen molar-refractivity contribution in [1.29, 1.82) is 0 Å². The standard InChI is InChI=1S/C12H12N4O/c1-9(12-7-4-8-17-12)14-10-5-2-3-6-11(10)15-16-13/h2-9,14H,1H3. The van der Waals surface area contributed by atoms with Crippen LogP contribution < -0.4 is 5.32 Å². The van der Waals surface area contributed by atoms with Gasteiger partial charge < -0.3 is 9.73 Å². The van der Waals surface area contributed by atoms with Crippen molar-refractivity contribution in [2.24, 2.45) is 5.11 Å². The summed E-state index contributed by atoms with van der Waals surface area (Å²) in [6.45, 7) is 1.98. The molecule has 0 aliphatic rings. The highest BCUT2D eigenvalue weighted by Gasteiger charge is 2.09. The van der Waals surface area contributed by atoms with Crippen LogP contribution in [0.4, 0.5) is 11.4 Å². The van der Waals surface area contributed by atoms with E-state index in [4.69, 9.17) is 9.95 Å². The van der Waals surface area contributed by atoms with Crippen LogP contribution in [0.3, 0.4) is 0 Å². The molecule has 1 unspecified atom stereocenters. The van der Waals surface area contributed by atoms with Gasteiger partial charge >= 0.3 is 0 Å². The molecule has 2 aromatic rings. The maximum absolute atomic E-state index is 8.47. The summed E-state index contributed by atoms with van der Waals surface area (Å²) in [6.07, 6.45) is 1.63. The van der Waals surface area contributed by atoms with Crippen LogP contribution in [0.25, 0.3) is 10.4 Å². The van der Waals surface area contributed by atoms with Gasteiger partial charge in [0.2, 0.25) is 0 Å². The molecule has 1 N–H and O–H groups in total. The first-order valence-corrected chi connectivity index (χ1v) is 5.25. The van der Waals surface area contributed by atoms with E-state index in [0.29, 0.717) is 5.69 Å². The summed E-state index contributed by atoms with van der Waals surface area (Å²) in [5.74, 6) is 0.834. The number of para-hydroxylation sites is 1. The topological polar surface area (TPSA) is 73.9 Å². The minimum atomic E-state index is 0.0139. The van der Waals surface area contributed by atoms with Gasteiger partial charge in [-0.1, -0.05) is 23.3 Å². The Morgan fingerprint density at radius 3 is 2.82 bits per heavy atom. The number of furan rings is 1. The van der Waals surface area contributed by atoms with Gasteiger partial charge in [-0.25, -0.2) is 0 Å². The van der Waals surface area contributed by atoms with Crippen LogP contribution in [0.15, 0.2) is 52.2 Å². The molecular formula is C12H12N4O. The third-order valence-corrected chi connectivity index (χ3v) is 2.40. The molecule has 0 fully saturated rings. The average molecular weight is 228 g/mol. The van der Waals surface area contributed by atoms with Crippen molar-refractivity contribution in [3.8, 4) is 0 Å². The molecule has 5 nitrogen and oxygen atoms in total. The third-order valence-electron chi connectivity index (χ3n) is 2.40. The molecule has 0 amide bonds. The van der Waals surface area contributed by atoms with Crippen molar-refractivity contribution in [1.82, 2.24) is 0 Å². The molecule has 86 valence electrons. The van der Waals surface area contributed by atoms with Gasteiger partial charge in [0.15, 0.2) is 0 Å². The number of hydrogen-bond donors (Lipinski definition) is 1. The van der Waals surface area contributed by atoms with Crippen molar-refractivity contribution < 1.29 is 4.42 Å². The predicted octanol–water partition coefficient (Wildman–Crippen LogP) is 4.39. The molecule has 2 rings (SSSR count). The Kier molecular flexibility index (Phi) is 3.33. The van der Waals surface area contributed by atoms with Gasteiger partial charge in [0.1, 0.15) is 5.76 Å². The lowest BCUT2D eigenvalue weighted by Crippen LogP contribution is -2.05. The molecule has 1 aromatic carbocycles. The van der Waals surface area contributed by atoms with Crippen molar-refractivity contribution in [3.05, 3.63) is 58.9 Å². The molecule has 0 radical (unpaired) electrons. The summed E-state index contributed by atoms with van der Waals surface area (Å²) >= 11 is 0. The van der Waals surface area contributed by atoms with Gasteiger partial charge in [-0.3, -0.25) is 0 Å². The SMILES string of the molecule is CC(Nc1ccccc1N=[N+]=[N-])c1ccco1. The lowest BCUT2D eigenvalue weighted by Gasteiger charge is -2.14. The van der Waals surface area contributed by atoms with Gasteiger partial charge in [0, 0.05) is 10.6 Å². The zero-order valence-corrected chi connectivity index (χ0v) is 9.37. The summed E-state index contributed by atoms with van der Waals surface area (Å²) in [6, 6.07) is 11.1. The lowest BCUT2D eigenvalue weighted by atomic mass is 10.2. The van der Waals surface area contributed by atoms with Crippen LogP contribution in [0.2, 0.25) is 0 Å². The van der Waals surface area contributed by atoms with E-state index in [-0.39, 0.29) is 6.04 Å². The van der Waals surface area contributed by atoms with Crippen molar-refractivity contribution in [3.63, 3.8) is 0 Å². The van der Waals surface area contributed by atoms with E-state index < -0.39 is 0 Å². The number of nitrogens with zero attached hydrogens (tertiary/aromatic N) is 3. The number of nitrogens with one attached hydrogen (secondary N) is 1. The van der Waals surface area contributed by atoms with Crippen molar-refractivity contribution in [2.75, 3.05) is 5.32 Å². The van der Waals surface area contributed by atoms with E-state index in [0.717, 1.165) is 11.4 Å². The van der Waals surface area contributed by atoms with Gasteiger partial charge in [-0.05, 0) is 30.7 Å². The van der Waals surface area contributed by atoms with Crippen LogP contribution in [-0.2, 0) is 0 Å². The Hall–Kier alpha value is -2.39. The second-order valence-electron chi connectivity index (χ2n) is 3.59. The smallest absolute Gasteiger partial charge is 0.125 e. The molecule has 0 saturated carbocycles. The second-order valence-corrected chi connectivity index (χ2v) is 3.59. The Morgan fingerprint density at radius 2 is 2.12 bits per heavy atom. The van der Waals surface area contributed by atoms with Crippen LogP contribution in [0.5, 0.6) is 0 Å². The second kappa shape index (κ2) is 5.09. The summed E-state index contributed by atoms with van der Waals surface area (Å²) in [4.78, 5) is 2.80. The monoisotopic (exact) mass is 228 g/mol. The molecule has 1 atom stereocenters. The van der Waals surface area contributed by atoms with Gasteiger partial charge in [-0.2, -0.15) is 0 Å². The minimum Gasteiger partial charge on any atom is -0.467 e. The highest BCUT2D eigenvalue weighted by Crippen LogP contribution is 2.28. The molecule has 5 heteroatoms. The van der Waals surface area contributed by atoms with Gasteiger partial charge in [0.05, 0.1) is 18.0 Å². The first-order chi connectivity index (χ1) is 8.31. The van der Waals surface area contributed by atoms with E-state index in [9.17, 15) is 0 Å². The van der Waals surface area contributed by atoms with Gasteiger partial charge in [-0.15, -0.1) is 0 Å². The van der Waals surface area contributed by atoms with Crippen molar-refractivity contribution in [2.45, 2.75) is 13.0 Å². The van der Waals surface area contributed by atoms with E-state index >= 15 is 0 Å². The zero-order valence-electron chi connectivity index (χ0n) is 9.37. The van der Waals surface area contributed by atoms with Crippen LogP contribution in [0.1, 0.15) is 18.7 Å². The molecule has 1 aromatic heterocycles. The number of hydrogen-bond acceptors (Lipinski definition) is 3. The minimum absolute atomic E-state index is 0.0139. The van der Waals surface area contributed by atoms with E-state index in [1.165, 1.54) is 0 Å². The number of anilines is 1. The fourth-order valence-electron chi connectivity index (χ4n) is 1.57. The average Bonchev–Trinajstić information content (AvgIpc) is 2.85. The molecule has 0 aliphatic heterocycles. The first kappa shape index (κ1) is 11.1. The number of benzene rings is 1.